The molecule has 0 aromatic heterocycles. The number of ether oxygens (including phenoxy) is 1. The quantitative estimate of drug-likeness (QED) is 0.850. The van der Waals surface area contributed by atoms with Crippen LogP contribution < -0.4 is 4.74 Å². The number of benzene rings is 2. The average Bonchev–Trinajstić information content (AvgIpc) is 2.93. The predicted octanol–water partition coefficient (Wildman–Crippen LogP) is 2.82. The van der Waals surface area contributed by atoms with Crippen LogP contribution in [0.3, 0.4) is 0 Å². The molecule has 136 valence electrons. The van der Waals surface area contributed by atoms with Crippen molar-refractivity contribution in [1.29, 1.82) is 0 Å². The summed E-state index contributed by atoms with van der Waals surface area (Å²) in [5, 5.41) is 0. The molecule has 2 amide bonds. The van der Waals surface area contributed by atoms with Crippen molar-refractivity contribution in [2.24, 2.45) is 0 Å². The predicted molar refractivity (Wildman–Crippen MR) is 95.8 cm³/mol. The normalized spacial score (nSPS) is 14.7. The van der Waals surface area contributed by atoms with Crippen molar-refractivity contribution in [3.05, 3.63) is 65.5 Å². The smallest absolute Gasteiger partial charge is 0.257 e. The molecule has 0 unspecified atom stereocenters. The van der Waals surface area contributed by atoms with Crippen LogP contribution in [-0.2, 0) is 0 Å². The molecule has 0 aliphatic carbocycles. The van der Waals surface area contributed by atoms with Crippen LogP contribution in [0.5, 0.6) is 5.75 Å². The third-order valence-corrected chi connectivity index (χ3v) is 4.48. The Bertz CT molecular complexity index is 795. The molecule has 0 N–H and O–H groups in total. The number of carbonyl (C=O) groups excluding carboxylic acids is 2. The first-order valence-electron chi connectivity index (χ1n) is 8.57. The number of halogens is 1. The van der Waals surface area contributed by atoms with Gasteiger partial charge in [0.25, 0.3) is 11.8 Å². The highest BCUT2D eigenvalue weighted by Gasteiger charge is 2.25. The number of carbonyl (C=O) groups is 2. The lowest BCUT2D eigenvalue weighted by atomic mass is 10.1. The molecule has 5 nitrogen and oxygen atoms in total. The van der Waals surface area contributed by atoms with Gasteiger partial charge in [0.1, 0.15) is 11.6 Å². The van der Waals surface area contributed by atoms with E-state index in [9.17, 15) is 14.0 Å². The minimum absolute atomic E-state index is 0.0387. The van der Waals surface area contributed by atoms with Crippen LogP contribution in [0.15, 0.2) is 48.5 Å². The van der Waals surface area contributed by atoms with Crippen LogP contribution in [0.25, 0.3) is 0 Å². The van der Waals surface area contributed by atoms with E-state index < -0.39 is 5.82 Å². The van der Waals surface area contributed by atoms with Crippen LogP contribution in [-0.4, -0.2) is 54.9 Å². The van der Waals surface area contributed by atoms with Gasteiger partial charge in [0.15, 0.2) is 0 Å². The van der Waals surface area contributed by atoms with E-state index in [4.69, 9.17) is 4.74 Å². The first-order chi connectivity index (χ1) is 12.6. The SMILES string of the molecule is COc1ccc(F)cc1C(=O)N1CCCN(C(=O)c2ccccc2)CC1. The molecule has 6 heteroatoms. The van der Waals surface area contributed by atoms with E-state index in [0.29, 0.717) is 43.9 Å². The molecule has 0 atom stereocenters. The van der Waals surface area contributed by atoms with E-state index in [2.05, 4.69) is 0 Å². The van der Waals surface area contributed by atoms with Crippen molar-refractivity contribution < 1.29 is 18.7 Å². The summed E-state index contributed by atoms with van der Waals surface area (Å²) >= 11 is 0. The van der Waals surface area contributed by atoms with E-state index in [1.54, 1.807) is 21.9 Å². The number of rotatable bonds is 3. The number of amides is 2. The van der Waals surface area contributed by atoms with Crippen molar-refractivity contribution in [2.45, 2.75) is 6.42 Å². The van der Waals surface area contributed by atoms with Gasteiger partial charge in [0, 0.05) is 31.7 Å². The average molecular weight is 356 g/mol. The lowest BCUT2D eigenvalue weighted by Gasteiger charge is -2.23. The van der Waals surface area contributed by atoms with Gasteiger partial charge in [-0.15, -0.1) is 0 Å². The Morgan fingerprint density at radius 3 is 2.23 bits per heavy atom. The Labute approximate surface area is 152 Å². The van der Waals surface area contributed by atoms with Gasteiger partial charge in [0.05, 0.1) is 12.7 Å². The summed E-state index contributed by atoms with van der Waals surface area (Å²) in [5.41, 5.74) is 0.842. The van der Waals surface area contributed by atoms with Gasteiger partial charge in [-0.2, -0.15) is 0 Å². The van der Waals surface area contributed by atoms with E-state index >= 15 is 0 Å². The second-order valence-electron chi connectivity index (χ2n) is 6.15. The van der Waals surface area contributed by atoms with E-state index in [1.807, 2.05) is 18.2 Å². The molecule has 1 heterocycles. The molecule has 1 fully saturated rings. The summed E-state index contributed by atoms with van der Waals surface area (Å²) in [5.74, 6) is -0.457. The standard InChI is InChI=1S/C20H21FN2O3/c1-26-18-9-8-16(21)14-17(18)20(25)23-11-5-10-22(12-13-23)19(24)15-6-3-2-4-7-15/h2-4,6-9,14H,5,10-13H2,1H3. The third-order valence-electron chi connectivity index (χ3n) is 4.48. The zero-order valence-electron chi connectivity index (χ0n) is 14.7. The molecule has 2 aromatic rings. The van der Waals surface area contributed by atoms with Crippen LogP contribution in [0.1, 0.15) is 27.1 Å². The molecule has 26 heavy (non-hydrogen) atoms. The van der Waals surface area contributed by atoms with Crippen LogP contribution in [0.2, 0.25) is 0 Å². The highest BCUT2D eigenvalue weighted by atomic mass is 19.1. The number of methoxy groups -OCH3 is 1. The Balaban J connectivity index is 1.72. The lowest BCUT2D eigenvalue weighted by molar-refractivity contribution is 0.0716. The largest absolute Gasteiger partial charge is 0.496 e. The van der Waals surface area contributed by atoms with Crippen LogP contribution in [0.4, 0.5) is 4.39 Å². The summed E-state index contributed by atoms with van der Waals surface area (Å²) in [6, 6.07) is 13.0. The number of hydrogen-bond donors (Lipinski definition) is 0. The zero-order chi connectivity index (χ0) is 18.5. The fraction of sp³-hybridized carbons (Fsp3) is 0.300. The van der Waals surface area contributed by atoms with Crippen LogP contribution in [0, 0.1) is 5.82 Å². The minimum Gasteiger partial charge on any atom is -0.496 e. The van der Waals surface area contributed by atoms with Gasteiger partial charge in [0.2, 0.25) is 0 Å². The summed E-state index contributed by atoms with van der Waals surface area (Å²) in [7, 11) is 1.45. The second kappa shape index (κ2) is 7.99. The maximum Gasteiger partial charge on any atom is 0.257 e. The molecule has 0 bridgehead atoms. The van der Waals surface area contributed by atoms with Gasteiger partial charge in [-0.3, -0.25) is 9.59 Å². The van der Waals surface area contributed by atoms with E-state index in [-0.39, 0.29) is 17.4 Å². The van der Waals surface area contributed by atoms with E-state index in [1.165, 1.54) is 25.3 Å². The van der Waals surface area contributed by atoms with Gasteiger partial charge in [-0.25, -0.2) is 4.39 Å². The highest BCUT2D eigenvalue weighted by Crippen LogP contribution is 2.22. The maximum absolute atomic E-state index is 13.6. The van der Waals surface area contributed by atoms with Gasteiger partial charge < -0.3 is 14.5 Å². The molecule has 2 aromatic carbocycles. The Morgan fingerprint density at radius 2 is 1.58 bits per heavy atom. The van der Waals surface area contributed by atoms with Gasteiger partial charge >= 0.3 is 0 Å². The molecule has 3 rings (SSSR count). The van der Waals surface area contributed by atoms with Gasteiger partial charge in [-0.05, 0) is 36.8 Å². The molecule has 1 aliphatic heterocycles. The fourth-order valence-corrected chi connectivity index (χ4v) is 3.10. The van der Waals surface area contributed by atoms with Crippen molar-refractivity contribution in [3.63, 3.8) is 0 Å². The maximum atomic E-state index is 13.6. The monoisotopic (exact) mass is 356 g/mol. The van der Waals surface area contributed by atoms with Crippen molar-refractivity contribution in [2.75, 3.05) is 33.3 Å². The molecule has 1 aliphatic rings. The Hall–Kier alpha value is -2.89. The second-order valence-corrected chi connectivity index (χ2v) is 6.15. The molecule has 0 saturated carbocycles. The Kier molecular flexibility index (Phi) is 5.51. The van der Waals surface area contributed by atoms with Crippen molar-refractivity contribution >= 4 is 11.8 Å². The first kappa shape index (κ1) is 17.9. The van der Waals surface area contributed by atoms with Gasteiger partial charge in [-0.1, -0.05) is 18.2 Å². The minimum atomic E-state index is -0.482. The third kappa shape index (κ3) is 3.85. The molecule has 0 radical (unpaired) electrons. The summed E-state index contributed by atoms with van der Waals surface area (Å²) in [6.07, 6.45) is 0.669. The Morgan fingerprint density at radius 1 is 0.923 bits per heavy atom. The van der Waals surface area contributed by atoms with E-state index in [0.717, 1.165) is 0 Å². The zero-order valence-corrected chi connectivity index (χ0v) is 14.7. The number of nitrogens with zero attached hydrogens (tertiary/aromatic N) is 2. The first-order valence-corrected chi connectivity index (χ1v) is 8.57. The van der Waals surface area contributed by atoms with Crippen molar-refractivity contribution in [1.82, 2.24) is 9.80 Å². The number of hydrogen-bond acceptors (Lipinski definition) is 3. The topological polar surface area (TPSA) is 49.9 Å². The molecular formula is C20H21FN2O3. The molecular weight excluding hydrogens is 335 g/mol. The molecule has 1 saturated heterocycles. The highest BCUT2D eigenvalue weighted by molar-refractivity contribution is 5.97. The summed E-state index contributed by atoms with van der Waals surface area (Å²) in [4.78, 5) is 28.8. The lowest BCUT2D eigenvalue weighted by Crippen LogP contribution is -2.37. The summed E-state index contributed by atoms with van der Waals surface area (Å²) in [6.45, 7) is 1.93. The summed E-state index contributed by atoms with van der Waals surface area (Å²) < 4.78 is 18.7. The molecule has 0 spiro atoms. The van der Waals surface area contributed by atoms with Crippen molar-refractivity contribution in [3.8, 4) is 5.75 Å². The van der Waals surface area contributed by atoms with Crippen LogP contribution >= 0.6 is 0 Å². The fourth-order valence-electron chi connectivity index (χ4n) is 3.10.